The molecule has 4 nitrogen and oxygen atoms in total. The minimum absolute atomic E-state index is 0.539. The number of allylic oxidation sites excluding steroid dienone is 1. The number of halogens is 6. The standard InChI is InChI=1S/C7H4Cl3F3O4/c1-17-4(7(11,12)13)2(5(15)16)3(14)6(8,9)10/h1H3,(H,15,16)/b4-2-. The molecule has 0 aromatic carbocycles. The third kappa shape index (κ3) is 4.25. The SMILES string of the molecule is CO/C(=C(\C(=O)O)C(=O)C(Cl)(Cl)Cl)C(F)(F)F. The molecule has 0 amide bonds. The van der Waals surface area contributed by atoms with E-state index in [1.165, 1.54) is 0 Å². The summed E-state index contributed by atoms with van der Waals surface area (Å²) in [5.74, 6) is -6.10. The minimum Gasteiger partial charge on any atom is -0.492 e. The fraction of sp³-hybridized carbons (Fsp3) is 0.429. The Kier molecular flexibility index (Phi) is 5.12. The predicted molar refractivity (Wildman–Crippen MR) is 53.0 cm³/mol. The molecule has 0 saturated heterocycles. The average Bonchev–Trinajstić information content (AvgIpc) is 2.08. The molecule has 0 bridgehead atoms. The molecule has 1 N–H and O–H groups in total. The van der Waals surface area contributed by atoms with Gasteiger partial charge in [0, 0.05) is 0 Å². The Morgan fingerprint density at radius 3 is 1.76 bits per heavy atom. The van der Waals surface area contributed by atoms with Crippen LogP contribution in [0.2, 0.25) is 0 Å². The number of methoxy groups -OCH3 is 1. The first-order valence-corrected chi connectivity index (χ1v) is 4.76. The maximum Gasteiger partial charge on any atom is 0.449 e. The lowest BCUT2D eigenvalue weighted by molar-refractivity contribution is -0.142. The molecule has 17 heavy (non-hydrogen) atoms. The van der Waals surface area contributed by atoms with Crippen LogP contribution in [-0.2, 0) is 14.3 Å². The van der Waals surface area contributed by atoms with Crippen molar-refractivity contribution in [3.05, 3.63) is 11.3 Å². The van der Waals surface area contributed by atoms with Crippen LogP contribution in [0.15, 0.2) is 11.3 Å². The van der Waals surface area contributed by atoms with Crippen molar-refractivity contribution in [2.45, 2.75) is 9.97 Å². The zero-order valence-corrected chi connectivity index (χ0v) is 10.2. The van der Waals surface area contributed by atoms with Crippen molar-refractivity contribution < 1.29 is 32.6 Å². The minimum atomic E-state index is -5.20. The quantitative estimate of drug-likeness (QED) is 0.286. The Balaban J connectivity index is 5.91. The van der Waals surface area contributed by atoms with Gasteiger partial charge in [-0.1, -0.05) is 34.8 Å². The Morgan fingerprint density at radius 2 is 1.59 bits per heavy atom. The maximum absolute atomic E-state index is 12.4. The molecular weight excluding hydrogens is 311 g/mol. The highest BCUT2D eigenvalue weighted by atomic mass is 35.6. The van der Waals surface area contributed by atoms with Gasteiger partial charge in [-0.25, -0.2) is 4.79 Å². The first-order valence-electron chi connectivity index (χ1n) is 3.63. The molecule has 0 saturated carbocycles. The molecule has 0 spiro atoms. The summed E-state index contributed by atoms with van der Waals surface area (Å²) in [7, 11) is 0.539. The number of Topliss-reactive ketones (excluding diaryl/α,β-unsaturated/α-hetero) is 1. The van der Waals surface area contributed by atoms with Crippen LogP contribution < -0.4 is 0 Å². The lowest BCUT2D eigenvalue weighted by atomic mass is 10.1. The van der Waals surface area contributed by atoms with E-state index in [1.54, 1.807) is 0 Å². The Labute approximate surface area is 108 Å². The predicted octanol–water partition coefficient (Wildman–Crippen LogP) is 2.47. The fourth-order valence-electron chi connectivity index (χ4n) is 0.799. The van der Waals surface area contributed by atoms with Gasteiger partial charge >= 0.3 is 12.1 Å². The van der Waals surface area contributed by atoms with Crippen LogP contribution in [-0.4, -0.2) is 33.9 Å². The number of hydrogen-bond donors (Lipinski definition) is 1. The molecule has 0 aliphatic carbocycles. The first kappa shape index (κ1) is 16.3. The molecule has 98 valence electrons. The maximum atomic E-state index is 12.4. The third-order valence-electron chi connectivity index (χ3n) is 1.39. The van der Waals surface area contributed by atoms with Crippen LogP contribution in [0.4, 0.5) is 13.2 Å². The van der Waals surface area contributed by atoms with Crippen molar-refractivity contribution in [1.29, 1.82) is 0 Å². The summed E-state index contributed by atoms with van der Waals surface area (Å²) in [4.78, 5) is 21.8. The van der Waals surface area contributed by atoms with Crippen molar-refractivity contribution in [1.82, 2.24) is 0 Å². The summed E-state index contributed by atoms with van der Waals surface area (Å²) in [6, 6.07) is 0. The molecule has 0 atom stereocenters. The van der Waals surface area contributed by atoms with Crippen molar-refractivity contribution in [2.24, 2.45) is 0 Å². The third-order valence-corrected chi connectivity index (χ3v) is 1.90. The van der Waals surface area contributed by atoms with Crippen molar-refractivity contribution in [3.63, 3.8) is 0 Å². The van der Waals surface area contributed by atoms with Crippen molar-refractivity contribution >= 4 is 46.6 Å². The summed E-state index contributed by atoms with van der Waals surface area (Å²) in [6.07, 6.45) is -5.20. The topological polar surface area (TPSA) is 63.6 Å². The Morgan fingerprint density at radius 1 is 1.18 bits per heavy atom. The number of ether oxygens (including phenoxy) is 1. The highest BCUT2D eigenvalue weighted by Gasteiger charge is 2.47. The first-order chi connectivity index (χ1) is 7.42. The van der Waals surface area contributed by atoms with Gasteiger partial charge in [-0.3, -0.25) is 4.79 Å². The summed E-state index contributed by atoms with van der Waals surface area (Å²) in [6.45, 7) is 0. The molecule has 0 unspecified atom stereocenters. The van der Waals surface area contributed by atoms with E-state index < -0.39 is 33.1 Å². The molecule has 10 heteroatoms. The monoisotopic (exact) mass is 314 g/mol. The number of carbonyl (C=O) groups excluding carboxylic acids is 1. The molecule has 0 heterocycles. The van der Waals surface area contributed by atoms with E-state index >= 15 is 0 Å². The molecule has 0 aliphatic rings. The number of carbonyl (C=O) groups is 2. The number of carboxylic acids is 1. The lowest BCUT2D eigenvalue weighted by Gasteiger charge is -2.15. The van der Waals surface area contributed by atoms with Gasteiger partial charge in [0.15, 0.2) is 5.57 Å². The lowest BCUT2D eigenvalue weighted by Crippen LogP contribution is -2.30. The van der Waals surface area contributed by atoms with Gasteiger partial charge in [-0.05, 0) is 0 Å². The van der Waals surface area contributed by atoms with Gasteiger partial charge in [0.05, 0.1) is 7.11 Å². The second kappa shape index (κ2) is 5.32. The van der Waals surface area contributed by atoms with E-state index in [-0.39, 0.29) is 0 Å². The second-order valence-electron chi connectivity index (χ2n) is 2.54. The van der Waals surface area contributed by atoms with Gasteiger partial charge < -0.3 is 9.84 Å². The van der Waals surface area contributed by atoms with E-state index in [0.29, 0.717) is 7.11 Å². The number of ketones is 1. The molecular formula is C7H4Cl3F3O4. The smallest absolute Gasteiger partial charge is 0.449 e. The highest BCUT2D eigenvalue weighted by molar-refractivity contribution is 6.78. The van der Waals surface area contributed by atoms with E-state index in [2.05, 4.69) is 4.74 Å². The zero-order valence-electron chi connectivity index (χ0n) is 7.94. The van der Waals surface area contributed by atoms with E-state index in [4.69, 9.17) is 39.9 Å². The number of hydrogen-bond acceptors (Lipinski definition) is 3. The summed E-state index contributed by atoms with van der Waals surface area (Å²) in [5.41, 5.74) is -1.78. The molecule has 0 aliphatic heterocycles. The number of carboxylic acid groups (broad SMARTS) is 1. The Hall–Kier alpha value is -0.660. The Bertz CT molecular complexity index is 370. The van der Waals surface area contributed by atoms with Crippen LogP contribution in [0.3, 0.4) is 0 Å². The van der Waals surface area contributed by atoms with Crippen LogP contribution >= 0.6 is 34.8 Å². The fourth-order valence-corrected chi connectivity index (χ4v) is 1.08. The van der Waals surface area contributed by atoms with Gasteiger partial charge in [-0.2, -0.15) is 13.2 Å². The summed E-state index contributed by atoms with van der Waals surface area (Å²) < 4.78 is 38.1. The van der Waals surface area contributed by atoms with Crippen LogP contribution in [0, 0.1) is 0 Å². The van der Waals surface area contributed by atoms with Crippen LogP contribution in [0.1, 0.15) is 0 Å². The largest absolute Gasteiger partial charge is 0.492 e. The number of aliphatic carboxylic acids is 1. The molecule has 0 fully saturated rings. The average molecular weight is 315 g/mol. The molecule has 0 rings (SSSR count). The number of alkyl halides is 6. The summed E-state index contributed by atoms with van der Waals surface area (Å²) in [5, 5.41) is 8.54. The van der Waals surface area contributed by atoms with Gasteiger partial charge in [0.2, 0.25) is 11.5 Å². The molecule has 0 aromatic heterocycles. The van der Waals surface area contributed by atoms with Gasteiger partial charge in [0.1, 0.15) is 0 Å². The number of rotatable bonds is 3. The van der Waals surface area contributed by atoms with Gasteiger partial charge in [0.25, 0.3) is 3.79 Å². The summed E-state index contributed by atoms with van der Waals surface area (Å²) >= 11 is 15.1. The molecule has 0 radical (unpaired) electrons. The van der Waals surface area contributed by atoms with Crippen molar-refractivity contribution in [3.8, 4) is 0 Å². The van der Waals surface area contributed by atoms with E-state index in [0.717, 1.165) is 0 Å². The zero-order chi connectivity index (χ0) is 14.0. The second-order valence-corrected chi connectivity index (χ2v) is 4.82. The van der Waals surface area contributed by atoms with E-state index in [1.807, 2.05) is 0 Å². The molecule has 0 aromatic rings. The highest BCUT2D eigenvalue weighted by Crippen LogP contribution is 2.35. The normalized spacial score (nSPS) is 14.1. The van der Waals surface area contributed by atoms with Crippen LogP contribution in [0.5, 0.6) is 0 Å². The van der Waals surface area contributed by atoms with Crippen LogP contribution in [0.25, 0.3) is 0 Å². The van der Waals surface area contributed by atoms with Gasteiger partial charge in [-0.15, -0.1) is 0 Å². The van der Waals surface area contributed by atoms with E-state index in [9.17, 15) is 22.8 Å². The van der Waals surface area contributed by atoms with Crippen molar-refractivity contribution in [2.75, 3.05) is 7.11 Å².